The molecule has 29 heavy (non-hydrogen) atoms. The fraction of sp³-hybridized carbons (Fsp3) is 0.417. The number of nitrogens with one attached hydrogen (secondary N) is 1. The maximum atomic E-state index is 13.2. The van der Waals surface area contributed by atoms with Gasteiger partial charge in [-0.2, -0.15) is 0 Å². The molecule has 0 heterocycles. The zero-order valence-electron chi connectivity index (χ0n) is 18.0. The van der Waals surface area contributed by atoms with Gasteiger partial charge in [0.1, 0.15) is 6.04 Å². The highest BCUT2D eigenvalue weighted by atomic mass is 35.5. The summed E-state index contributed by atoms with van der Waals surface area (Å²) in [5.41, 5.74) is 4.24. The minimum absolute atomic E-state index is 0.0668. The number of nitrogens with zero attached hydrogens (tertiary/aromatic N) is 1. The summed E-state index contributed by atoms with van der Waals surface area (Å²) in [5, 5.41) is 3.63. The van der Waals surface area contributed by atoms with Crippen LogP contribution in [-0.2, 0) is 22.6 Å². The van der Waals surface area contributed by atoms with Crippen molar-refractivity contribution in [3.8, 4) is 0 Å². The topological polar surface area (TPSA) is 49.4 Å². The summed E-state index contributed by atoms with van der Waals surface area (Å²) < 4.78 is 0. The molecule has 2 aromatic rings. The Morgan fingerprint density at radius 3 is 2.21 bits per heavy atom. The number of hydrogen-bond acceptors (Lipinski definition) is 2. The Kier molecular flexibility index (Phi) is 8.27. The standard InChI is InChI=1S/C24H31ClN2O2/c1-6-18(4)26-24(29)19(5)27(15-20-9-11-22(25)12-10-20)23(28)14-21-8-7-16(2)17(3)13-21/h7-13,18-19H,6,14-15H2,1-5H3,(H,26,29)/t18-,19-/m0/s1. The van der Waals surface area contributed by atoms with Crippen molar-refractivity contribution in [1.29, 1.82) is 0 Å². The number of aryl methyl sites for hydroxylation is 2. The van der Waals surface area contributed by atoms with E-state index in [4.69, 9.17) is 11.6 Å². The van der Waals surface area contributed by atoms with Crippen molar-refractivity contribution in [1.82, 2.24) is 10.2 Å². The Balaban J connectivity index is 2.23. The molecule has 0 aliphatic heterocycles. The Bertz CT molecular complexity index is 848. The molecule has 0 radical (unpaired) electrons. The summed E-state index contributed by atoms with van der Waals surface area (Å²) in [4.78, 5) is 27.6. The Labute approximate surface area is 179 Å². The number of carbonyl (C=O) groups excluding carboxylic acids is 2. The van der Waals surface area contributed by atoms with Crippen LogP contribution in [0, 0.1) is 13.8 Å². The van der Waals surface area contributed by atoms with Crippen LogP contribution in [0.5, 0.6) is 0 Å². The second-order valence-electron chi connectivity index (χ2n) is 7.74. The van der Waals surface area contributed by atoms with Crippen LogP contribution in [0.4, 0.5) is 0 Å². The van der Waals surface area contributed by atoms with Crippen LogP contribution in [0.15, 0.2) is 42.5 Å². The highest BCUT2D eigenvalue weighted by Crippen LogP contribution is 2.17. The molecule has 1 N–H and O–H groups in total. The monoisotopic (exact) mass is 414 g/mol. The summed E-state index contributed by atoms with van der Waals surface area (Å²) in [6.07, 6.45) is 1.10. The van der Waals surface area contributed by atoms with E-state index in [0.29, 0.717) is 11.6 Å². The van der Waals surface area contributed by atoms with Crippen LogP contribution in [0.3, 0.4) is 0 Å². The zero-order valence-corrected chi connectivity index (χ0v) is 18.7. The first kappa shape index (κ1) is 23.0. The number of halogens is 1. The van der Waals surface area contributed by atoms with E-state index in [1.165, 1.54) is 5.56 Å². The first-order chi connectivity index (χ1) is 13.7. The summed E-state index contributed by atoms with van der Waals surface area (Å²) in [6, 6.07) is 12.9. The number of amides is 2. The highest BCUT2D eigenvalue weighted by molar-refractivity contribution is 6.30. The molecule has 2 atom stereocenters. The van der Waals surface area contributed by atoms with Gasteiger partial charge in [-0.25, -0.2) is 0 Å². The zero-order chi connectivity index (χ0) is 21.6. The Morgan fingerprint density at radius 2 is 1.62 bits per heavy atom. The number of carbonyl (C=O) groups is 2. The van der Waals surface area contributed by atoms with Crippen LogP contribution in [0.2, 0.25) is 5.02 Å². The molecule has 0 fully saturated rings. The lowest BCUT2D eigenvalue weighted by Gasteiger charge is -2.30. The first-order valence-electron chi connectivity index (χ1n) is 10.1. The molecule has 156 valence electrons. The number of benzene rings is 2. The normalized spacial score (nSPS) is 12.9. The average molecular weight is 415 g/mol. The molecule has 0 unspecified atom stereocenters. The van der Waals surface area contributed by atoms with E-state index < -0.39 is 6.04 Å². The molecule has 5 heteroatoms. The number of rotatable bonds is 8. The predicted molar refractivity (Wildman–Crippen MR) is 119 cm³/mol. The van der Waals surface area contributed by atoms with Crippen molar-refractivity contribution >= 4 is 23.4 Å². The van der Waals surface area contributed by atoms with E-state index in [1.54, 1.807) is 24.0 Å². The smallest absolute Gasteiger partial charge is 0.242 e. The van der Waals surface area contributed by atoms with Gasteiger partial charge in [-0.15, -0.1) is 0 Å². The quantitative estimate of drug-likeness (QED) is 0.672. The molecule has 2 amide bonds. The molecule has 2 aromatic carbocycles. The van der Waals surface area contributed by atoms with Crippen LogP contribution < -0.4 is 5.32 Å². The van der Waals surface area contributed by atoms with Gasteiger partial charge in [0.25, 0.3) is 0 Å². The maximum absolute atomic E-state index is 13.2. The van der Waals surface area contributed by atoms with Crippen LogP contribution in [-0.4, -0.2) is 28.8 Å². The molecule has 0 aliphatic rings. The number of hydrogen-bond donors (Lipinski definition) is 1. The summed E-state index contributed by atoms with van der Waals surface area (Å²) in [5.74, 6) is -0.211. The summed E-state index contributed by atoms with van der Waals surface area (Å²) >= 11 is 5.99. The van der Waals surface area contributed by atoms with Crippen LogP contribution >= 0.6 is 11.6 Å². The third kappa shape index (κ3) is 6.60. The highest BCUT2D eigenvalue weighted by Gasteiger charge is 2.26. The third-order valence-corrected chi connectivity index (χ3v) is 5.61. The van der Waals surface area contributed by atoms with Crippen molar-refractivity contribution in [2.24, 2.45) is 0 Å². The molecule has 0 bridgehead atoms. The van der Waals surface area contributed by atoms with Gasteiger partial charge in [-0.05, 0) is 68.5 Å². The van der Waals surface area contributed by atoms with Crippen molar-refractivity contribution < 1.29 is 9.59 Å². The van der Waals surface area contributed by atoms with E-state index in [1.807, 2.05) is 51.1 Å². The van der Waals surface area contributed by atoms with Crippen LogP contribution in [0.1, 0.15) is 49.4 Å². The minimum atomic E-state index is -0.571. The van der Waals surface area contributed by atoms with Gasteiger partial charge in [-0.1, -0.05) is 48.9 Å². The minimum Gasteiger partial charge on any atom is -0.352 e. The maximum Gasteiger partial charge on any atom is 0.242 e. The largest absolute Gasteiger partial charge is 0.352 e. The first-order valence-corrected chi connectivity index (χ1v) is 10.5. The van der Waals surface area contributed by atoms with Gasteiger partial charge in [-0.3, -0.25) is 9.59 Å². The fourth-order valence-corrected chi connectivity index (χ4v) is 3.15. The van der Waals surface area contributed by atoms with Gasteiger partial charge in [0.2, 0.25) is 11.8 Å². The molecule has 0 saturated heterocycles. The molecule has 0 aliphatic carbocycles. The molecule has 0 spiro atoms. The lowest BCUT2D eigenvalue weighted by Crippen LogP contribution is -2.49. The van der Waals surface area contributed by atoms with E-state index in [-0.39, 0.29) is 24.3 Å². The summed E-state index contributed by atoms with van der Waals surface area (Å²) in [6.45, 7) is 10.2. The Hall–Kier alpha value is -2.33. The summed E-state index contributed by atoms with van der Waals surface area (Å²) in [7, 11) is 0. The van der Waals surface area contributed by atoms with Gasteiger partial charge >= 0.3 is 0 Å². The van der Waals surface area contributed by atoms with Gasteiger partial charge in [0.15, 0.2) is 0 Å². The van der Waals surface area contributed by atoms with Gasteiger partial charge in [0, 0.05) is 17.6 Å². The third-order valence-electron chi connectivity index (χ3n) is 5.36. The average Bonchev–Trinajstić information content (AvgIpc) is 2.69. The molecule has 0 saturated carbocycles. The Morgan fingerprint density at radius 1 is 1.00 bits per heavy atom. The van der Waals surface area contributed by atoms with Crippen molar-refractivity contribution in [2.45, 2.75) is 66.1 Å². The van der Waals surface area contributed by atoms with Crippen molar-refractivity contribution in [3.05, 3.63) is 69.7 Å². The van der Waals surface area contributed by atoms with E-state index >= 15 is 0 Å². The fourth-order valence-electron chi connectivity index (χ4n) is 3.02. The van der Waals surface area contributed by atoms with E-state index in [0.717, 1.165) is 23.1 Å². The molecular weight excluding hydrogens is 384 g/mol. The molecule has 4 nitrogen and oxygen atoms in total. The second-order valence-corrected chi connectivity index (χ2v) is 8.17. The van der Waals surface area contributed by atoms with Gasteiger partial charge in [0.05, 0.1) is 6.42 Å². The van der Waals surface area contributed by atoms with E-state index in [9.17, 15) is 9.59 Å². The SMILES string of the molecule is CC[C@H](C)NC(=O)[C@H](C)N(Cc1ccc(Cl)cc1)C(=O)Cc1ccc(C)c(C)c1. The van der Waals surface area contributed by atoms with Crippen LogP contribution in [0.25, 0.3) is 0 Å². The lowest BCUT2D eigenvalue weighted by molar-refractivity contribution is -0.140. The van der Waals surface area contributed by atoms with E-state index in [2.05, 4.69) is 12.2 Å². The predicted octanol–water partition coefficient (Wildman–Crippen LogP) is 4.83. The van der Waals surface area contributed by atoms with Crippen molar-refractivity contribution in [2.75, 3.05) is 0 Å². The van der Waals surface area contributed by atoms with Gasteiger partial charge < -0.3 is 10.2 Å². The molecule has 2 rings (SSSR count). The second kappa shape index (κ2) is 10.4. The van der Waals surface area contributed by atoms with Crippen molar-refractivity contribution in [3.63, 3.8) is 0 Å². The lowest BCUT2D eigenvalue weighted by atomic mass is 10.0. The molecule has 0 aromatic heterocycles. The molecular formula is C24H31ClN2O2.